The maximum atomic E-state index is 10.1. The van der Waals surface area contributed by atoms with E-state index in [1.807, 2.05) is 54.6 Å². The normalized spacial score (nSPS) is 11.6. The Bertz CT molecular complexity index is 3060. The van der Waals surface area contributed by atoms with Gasteiger partial charge in [0, 0.05) is 32.8 Å². The van der Waals surface area contributed by atoms with Crippen molar-refractivity contribution < 1.29 is 4.42 Å². The Morgan fingerprint density at radius 1 is 0.449 bits per heavy atom. The van der Waals surface area contributed by atoms with Gasteiger partial charge in [0.1, 0.15) is 23.3 Å². The zero-order chi connectivity index (χ0) is 32.6. The molecule has 0 aliphatic carbocycles. The summed E-state index contributed by atoms with van der Waals surface area (Å²) in [5.74, 6) is 0. The van der Waals surface area contributed by atoms with Crippen LogP contribution in [0.2, 0.25) is 0 Å². The Kier molecular flexibility index (Phi) is 5.64. The minimum absolute atomic E-state index is 0.338. The Morgan fingerprint density at radius 2 is 0.959 bits per heavy atom. The molecule has 7 aromatic carbocycles. The zero-order valence-corrected chi connectivity index (χ0v) is 26.1. The van der Waals surface area contributed by atoms with Crippen LogP contribution in [-0.4, -0.2) is 9.13 Å². The van der Waals surface area contributed by atoms with Crippen molar-refractivity contribution in [3.63, 3.8) is 0 Å². The molecule has 0 saturated heterocycles. The fraction of sp³-hybridized carbons (Fsp3) is 0. The van der Waals surface area contributed by atoms with E-state index in [0.717, 1.165) is 88.1 Å². The first-order valence-electron chi connectivity index (χ1n) is 16.1. The lowest BCUT2D eigenvalue weighted by molar-refractivity contribution is 0.677. The fourth-order valence-corrected chi connectivity index (χ4v) is 7.72. The number of rotatable bonds is 3. The standard InChI is InChI=1S/C44H24N4O/c45-25-28-23-35(27-11-3-1-4-12-27)40(24-29(28)26-46)48-37-18-10-8-16-34(37)42-39(48)22-20-32-31-19-21-38-41(43(31)49-44(32)42)33-15-7-9-17-36(33)47(38)30-13-5-2-6-14-30/h1-24H. The predicted molar refractivity (Wildman–Crippen MR) is 197 cm³/mol. The van der Waals surface area contributed by atoms with E-state index in [2.05, 4.69) is 112 Å². The van der Waals surface area contributed by atoms with Crippen LogP contribution >= 0.6 is 0 Å². The van der Waals surface area contributed by atoms with Crippen molar-refractivity contribution in [2.45, 2.75) is 0 Å². The molecule has 0 atom stereocenters. The minimum Gasteiger partial charge on any atom is -0.455 e. The SMILES string of the molecule is N#Cc1cc(-c2ccccc2)c(-n2c3ccccc3c3c4oc5c(ccc6c5c5ccccc5n6-c5ccccc5)c4ccc32)cc1C#N. The molecule has 10 rings (SSSR count). The molecule has 0 fully saturated rings. The van der Waals surface area contributed by atoms with Crippen molar-refractivity contribution in [2.75, 3.05) is 0 Å². The molecular formula is C44H24N4O. The number of benzene rings is 7. The second kappa shape index (κ2) is 10.2. The minimum atomic E-state index is 0.338. The van der Waals surface area contributed by atoms with Crippen molar-refractivity contribution in [1.29, 1.82) is 10.5 Å². The number of nitrogens with zero attached hydrogens (tertiary/aromatic N) is 4. The van der Waals surface area contributed by atoms with Crippen molar-refractivity contribution in [3.05, 3.63) is 157 Å². The molecule has 5 nitrogen and oxygen atoms in total. The second-order valence-electron chi connectivity index (χ2n) is 12.3. The van der Waals surface area contributed by atoms with Gasteiger partial charge in [-0.1, -0.05) is 84.9 Å². The van der Waals surface area contributed by atoms with Crippen LogP contribution in [0.1, 0.15) is 11.1 Å². The first-order chi connectivity index (χ1) is 24.2. The lowest BCUT2D eigenvalue weighted by Crippen LogP contribution is -2.00. The molecule has 0 aliphatic rings. The lowest BCUT2D eigenvalue weighted by Gasteiger charge is -2.15. The number of aromatic nitrogens is 2. The molecule has 226 valence electrons. The average molecular weight is 625 g/mol. The molecule has 3 aromatic heterocycles. The highest BCUT2D eigenvalue weighted by molar-refractivity contribution is 6.29. The zero-order valence-electron chi connectivity index (χ0n) is 26.1. The molecule has 0 N–H and O–H groups in total. The van der Waals surface area contributed by atoms with Gasteiger partial charge >= 0.3 is 0 Å². The highest BCUT2D eigenvalue weighted by Gasteiger charge is 2.24. The predicted octanol–water partition coefficient (Wildman–Crippen LogP) is 11.2. The van der Waals surface area contributed by atoms with E-state index in [1.165, 1.54) is 0 Å². The molecule has 0 aliphatic heterocycles. The molecule has 0 bridgehead atoms. The van der Waals surface area contributed by atoms with E-state index >= 15 is 0 Å². The van der Waals surface area contributed by atoms with Crippen LogP contribution in [0.15, 0.2) is 150 Å². The third-order valence-electron chi connectivity index (χ3n) is 9.79. The summed E-state index contributed by atoms with van der Waals surface area (Å²) >= 11 is 0. The molecule has 49 heavy (non-hydrogen) atoms. The first-order valence-corrected chi connectivity index (χ1v) is 16.1. The number of fused-ring (bicyclic) bond motifs is 11. The first kappa shape index (κ1) is 27.1. The van der Waals surface area contributed by atoms with E-state index in [-0.39, 0.29) is 0 Å². The Hall–Kier alpha value is -7.08. The van der Waals surface area contributed by atoms with Crippen molar-refractivity contribution in [3.8, 4) is 34.6 Å². The third kappa shape index (κ3) is 3.73. The van der Waals surface area contributed by atoms with Crippen LogP contribution in [-0.2, 0) is 0 Å². The van der Waals surface area contributed by atoms with Gasteiger partial charge in [0.2, 0.25) is 0 Å². The summed E-state index contributed by atoms with van der Waals surface area (Å²) in [7, 11) is 0. The lowest BCUT2D eigenvalue weighted by atomic mass is 9.97. The van der Waals surface area contributed by atoms with Gasteiger partial charge in [0.05, 0.1) is 49.7 Å². The average Bonchev–Trinajstić information content (AvgIpc) is 3.82. The van der Waals surface area contributed by atoms with Crippen LogP contribution in [0.3, 0.4) is 0 Å². The monoisotopic (exact) mass is 624 g/mol. The molecule has 0 saturated carbocycles. The maximum absolute atomic E-state index is 10.1. The van der Waals surface area contributed by atoms with Crippen LogP contribution in [0, 0.1) is 22.7 Å². The molecule has 0 amide bonds. The molecule has 0 radical (unpaired) electrons. The third-order valence-corrected chi connectivity index (χ3v) is 9.79. The molecule has 3 heterocycles. The van der Waals surface area contributed by atoms with Crippen LogP contribution < -0.4 is 0 Å². The second-order valence-corrected chi connectivity index (χ2v) is 12.3. The van der Waals surface area contributed by atoms with Gasteiger partial charge in [0.25, 0.3) is 0 Å². The summed E-state index contributed by atoms with van der Waals surface area (Å²) < 4.78 is 11.6. The van der Waals surface area contributed by atoms with E-state index < -0.39 is 0 Å². The number of hydrogen-bond acceptors (Lipinski definition) is 3. The molecule has 0 spiro atoms. The highest BCUT2D eigenvalue weighted by Crippen LogP contribution is 2.45. The summed E-state index contributed by atoms with van der Waals surface area (Å²) in [6, 6.07) is 54.2. The highest BCUT2D eigenvalue weighted by atomic mass is 16.3. The van der Waals surface area contributed by atoms with Gasteiger partial charge in [-0.05, 0) is 66.2 Å². The largest absolute Gasteiger partial charge is 0.455 e. The van der Waals surface area contributed by atoms with Crippen molar-refractivity contribution in [2.24, 2.45) is 0 Å². The van der Waals surface area contributed by atoms with Gasteiger partial charge in [-0.3, -0.25) is 0 Å². The molecule has 0 unspecified atom stereocenters. The summed E-state index contributed by atoms with van der Waals surface area (Å²) in [4.78, 5) is 0. The fourth-order valence-electron chi connectivity index (χ4n) is 7.72. The van der Waals surface area contributed by atoms with Crippen LogP contribution in [0.25, 0.3) is 88.1 Å². The molecule has 10 aromatic rings. The van der Waals surface area contributed by atoms with Gasteiger partial charge < -0.3 is 13.6 Å². The maximum Gasteiger partial charge on any atom is 0.145 e. The number of para-hydroxylation sites is 3. The number of hydrogen-bond donors (Lipinski definition) is 0. The van der Waals surface area contributed by atoms with Gasteiger partial charge in [-0.2, -0.15) is 10.5 Å². The van der Waals surface area contributed by atoms with Gasteiger partial charge in [-0.15, -0.1) is 0 Å². The Labute approximate surface area is 280 Å². The van der Waals surface area contributed by atoms with Crippen LogP contribution in [0.5, 0.6) is 0 Å². The van der Waals surface area contributed by atoms with Crippen molar-refractivity contribution in [1.82, 2.24) is 9.13 Å². The number of nitriles is 2. The molecule has 5 heteroatoms. The van der Waals surface area contributed by atoms with Gasteiger partial charge in [0.15, 0.2) is 0 Å². The van der Waals surface area contributed by atoms with Crippen LogP contribution in [0.4, 0.5) is 0 Å². The summed E-state index contributed by atoms with van der Waals surface area (Å²) in [6.45, 7) is 0. The van der Waals surface area contributed by atoms with E-state index in [0.29, 0.717) is 11.1 Å². The van der Waals surface area contributed by atoms with E-state index in [1.54, 1.807) is 0 Å². The molecular weight excluding hydrogens is 601 g/mol. The topological polar surface area (TPSA) is 70.6 Å². The Balaban J connectivity index is 1.34. The quantitative estimate of drug-likeness (QED) is 0.196. The number of furan rings is 1. The summed E-state index contributed by atoms with van der Waals surface area (Å²) in [6.07, 6.45) is 0. The van der Waals surface area contributed by atoms with Gasteiger partial charge in [-0.25, -0.2) is 0 Å². The smallest absolute Gasteiger partial charge is 0.145 e. The van der Waals surface area contributed by atoms with E-state index in [9.17, 15) is 10.5 Å². The summed E-state index contributed by atoms with van der Waals surface area (Å²) in [5.41, 5.74) is 10.3. The van der Waals surface area contributed by atoms with Crippen molar-refractivity contribution >= 4 is 65.6 Å². The Morgan fingerprint density at radius 3 is 1.57 bits per heavy atom. The van der Waals surface area contributed by atoms with E-state index in [4.69, 9.17) is 4.42 Å². The summed E-state index contributed by atoms with van der Waals surface area (Å²) in [5, 5.41) is 26.4.